The molecule has 0 aromatic heterocycles. The number of ether oxygens (including phenoxy) is 1. The maximum Gasteiger partial charge on any atom is 0.166 e. The highest BCUT2D eigenvalue weighted by molar-refractivity contribution is 6.07. The molecular weight excluding hydrogens is 378 g/mol. The van der Waals surface area contributed by atoms with Crippen molar-refractivity contribution >= 4 is 18.0 Å². The van der Waals surface area contributed by atoms with Gasteiger partial charge >= 0.3 is 0 Å². The zero-order chi connectivity index (χ0) is 20.6. The fourth-order valence-electron chi connectivity index (χ4n) is 4.14. The van der Waals surface area contributed by atoms with Crippen molar-refractivity contribution in [1.82, 2.24) is 10.4 Å². The second-order valence-corrected chi connectivity index (χ2v) is 7.73. The number of amidine groups is 1. The average molecular weight is 401 g/mol. The van der Waals surface area contributed by atoms with Crippen molar-refractivity contribution in [2.24, 2.45) is 15.7 Å². The summed E-state index contributed by atoms with van der Waals surface area (Å²) < 4.78 is 5.88. The van der Waals surface area contributed by atoms with E-state index >= 15 is 0 Å². The van der Waals surface area contributed by atoms with Crippen LogP contribution in [0.15, 0.2) is 76.4 Å². The molecule has 0 spiro atoms. The smallest absolute Gasteiger partial charge is 0.166 e. The molecule has 3 aliphatic rings. The number of nitrogens with two attached hydrogens (primary N) is 1. The molecule has 2 aliphatic heterocycles. The molecule has 0 amide bonds. The van der Waals surface area contributed by atoms with Crippen LogP contribution in [0.5, 0.6) is 11.5 Å². The first-order valence-electron chi connectivity index (χ1n) is 10.2. The third-order valence-electron chi connectivity index (χ3n) is 5.82. The standard InChI is InChI=1S/C23H23N5O2/c24-23(16-6-12-20(13-7-16)30-19-4-2-1-3-5-19)21-14-27-28(22(21)25-15-26-23)17-8-10-18(29)11-9-17/h1-7,12-15,17,27H,8-11,24H2. The van der Waals surface area contributed by atoms with Crippen molar-refractivity contribution in [3.8, 4) is 11.5 Å². The Morgan fingerprint density at radius 2 is 1.73 bits per heavy atom. The van der Waals surface area contributed by atoms with Gasteiger partial charge in [-0.15, -0.1) is 0 Å². The third kappa shape index (κ3) is 3.27. The molecule has 2 aromatic rings. The number of ketones is 1. The lowest BCUT2D eigenvalue weighted by atomic mass is 9.90. The molecule has 1 atom stereocenters. The predicted octanol–water partition coefficient (Wildman–Crippen LogP) is 3.25. The van der Waals surface area contributed by atoms with Crippen LogP contribution < -0.4 is 15.9 Å². The molecule has 0 bridgehead atoms. The number of fused-ring (bicyclic) bond motifs is 1. The van der Waals surface area contributed by atoms with Crippen LogP contribution in [0, 0.1) is 0 Å². The Bertz CT molecular complexity index is 1040. The van der Waals surface area contributed by atoms with Crippen molar-refractivity contribution in [3.63, 3.8) is 0 Å². The van der Waals surface area contributed by atoms with E-state index in [0.29, 0.717) is 18.6 Å². The zero-order valence-electron chi connectivity index (χ0n) is 16.5. The van der Waals surface area contributed by atoms with Crippen LogP contribution >= 0.6 is 0 Å². The predicted molar refractivity (Wildman–Crippen MR) is 115 cm³/mol. The number of nitrogens with one attached hydrogen (secondary N) is 1. The topological polar surface area (TPSA) is 92.3 Å². The maximum absolute atomic E-state index is 11.6. The number of hydrazine groups is 1. The minimum atomic E-state index is -1.03. The Labute approximate surface area is 174 Å². The molecule has 152 valence electrons. The fourth-order valence-corrected chi connectivity index (χ4v) is 4.14. The summed E-state index contributed by atoms with van der Waals surface area (Å²) in [5, 5.41) is 2.03. The van der Waals surface area contributed by atoms with Gasteiger partial charge in [-0.1, -0.05) is 30.3 Å². The highest BCUT2D eigenvalue weighted by atomic mass is 16.5. The first kappa shape index (κ1) is 18.6. The molecule has 1 fully saturated rings. The number of carbonyl (C=O) groups excluding carboxylic acids is 1. The molecule has 3 N–H and O–H groups in total. The molecule has 7 nitrogen and oxygen atoms in total. The molecule has 7 heteroatoms. The first-order chi connectivity index (χ1) is 14.6. The highest BCUT2D eigenvalue weighted by Crippen LogP contribution is 2.36. The average Bonchev–Trinajstić information content (AvgIpc) is 3.21. The first-order valence-corrected chi connectivity index (χ1v) is 10.2. The highest BCUT2D eigenvalue weighted by Gasteiger charge is 2.43. The number of aliphatic imine (C=N–C) groups is 2. The molecule has 1 saturated carbocycles. The zero-order valence-corrected chi connectivity index (χ0v) is 16.5. The van der Waals surface area contributed by atoms with Crippen LogP contribution in [0.4, 0.5) is 0 Å². The van der Waals surface area contributed by atoms with Crippen LogP contribution in [0.3, 0.4) is 0 Å². The van der Waals surface area contributed by atoms with Gasteiger partial charge in [0, 0.05) is 19.0 Å². The van der Waals surface area contributed by atoms with Gasteiger partial charge in [-0.2, -0.15) is 0 Å². The lowest BCUT2D eigenvalue weighted by Crippen LogP contribution is -2.49. The molecule has 0 saturated heterocycles. The summed E-state index contributed by atoms with van der Waals surface area (Å²) in [5.74, 6) is 2.62. The van der Waals surface area contributed by atoms with E-state index in [4.69, 9.17) is 10.5 Å². The minimum absolute atomic E-state index is 0.215. The quantitative estimate of drug-likeness (QED) is 0.821. The van der Waals surface area contributed by atoms with Gasteiger partial charge in [-0.05, 0) is 42.7 Å². The molecule has 30 heavy (non-hydrogen) atoms. The Hall–Kier alpha value is -3.45. The van der Waals surface area contributed by atoms with E-state index in [0.717, 1.165) is 41.3 Å². The molecule has 5 rings (SSSR count). The van der Waals surface area contributed by atoms with E-state index in [1.807, 2.05) is 65.8 Å². The van der Waals surface area contributed by atoms with Crippen LogP contribution in [0.2, 0.25) is 0 Å². The van der Waals surface area contributed by atoms with E-state index in [1.165, 1.54) is 6.34 Å². The number of nitrogens with zero attached hydrogens (tertiary/aromatic N) is 3. The van der Waals surface area contributed by atoms with Gasteiger partial charge in [0.2, 0.25) is 0 Å². The summed E-state index contributed by atoms with van der Waals surface area (Å²) in [5.41, 5.74) is 10.7. The van der Waals surface area contributed by atoms with Gasteiger partial charge in [0.25, 0.3) is 0 Å². The monoisotopic (exact) mass is 401 g/mol. The molecule has 2 heterocycles. The number of Topliss-reactive ketones (excluding diaryl/α,β-unsaturated/α-hetero) is 1. The maximum atomic E-state index is 11.6. The summed E-state index contributed by atoms with van der Waals surface area (Å²) in [4.78, 5) is 20.6. The van der Waals surface area contributed by atoms with E-state index in [9.17, 15) is 4.79 Å². The second-order valence-electron chi connectivity index (χ2n) is 7.73. The van der Waals surface area contributed by atoms with Crippen molar-refractivity contribution in [2.45, 2.75) is 37.4 Å². The number of carbonyl (C=O) groups is 1. The normalized spacial score (nSPS) is 23.5. The lowest BCUT2D eigenvalue weighted by molar-refractivity contribution is -0.121. The van der Waals surface area contributed by atoms with Gasteiger partial charge in [-0.3, -0.25) is 15.5 Å². The number of benzene rings is 2. The Kier molecular flexibility index (Phi) is 4.59. The second kappa shape index (κ2) is 7.42. The van der Waals surface area contributed by atoms with Crippen molar-refractivity contribution in [1.29, 1.82) is 0 Å². The van der Waals surface area contributed by atoms with Crippen LogP contribution in [-0.2, 0) is 10.5 Å². The summed E-state index contributed by atoms with van der Waals surface area (Å²) in [6.07, 6.45) is 6.24. The Morgan fingerprint density at radius 1 is 1.03 bits per heavy atom. The van der Waals surface area contributed by atoms with Crippen molar-refractivity contribution < 1.29 is 9.53 Å². The fraction of sp³-hybridized carbons (Fsp3) is 0.261. The number of hydrogen-bond acceptors (Lipinski definition) is 7. The lowest BCUT2D eigenvalue weighted by Gasteiger charge is -2.35. The van der Waals surface area contributed by atoms with Crippen LogP contribution in [-0.4, -0.2) is 29.0 Å². The molecular formula is C23H23N5O2. The molecule has 2 aromatic carbocycles. The minimum Gasteiger partial charge on any atom is -0.457 e. The summed E-state index contributed by atoms with van der Waals surface area (Å²) in [6.45, 7) is 0. The molecule has 1 aliphatic carbocycles. The van der Waals surface area contributed by atoms with E-state index < -0.39 is 5.66 Å². The van der Waals surface area contributed by atoms with Gasteiger partial charge in [0.15, 0.2) is 11.5 Å². The number of para-hydroxylation sites is 1. The largest absolute Gasteiger partial charge is 0.457 e. The Morgan fingerprint density at radius 3 is 2.47 bits per heavy atom. The van der Waals surface area contributed by atoms with Crippen molar-refractivity contribution in [2.75, 3.05) is 0 Å². The van der Waals surface area contributed by atoms with E-state index in [2.05, 4.69) is 15.4 Å². The van der Waals surface area contributed by atoms with Crippen LogP contribution in [0.25, 0.3) is 0 Å². The summed E-state index contributed by atoms with van der Waals surface area (Å²) in [6, 6.07) is 17.5. The summed E-state index contributed by atoms with van der Waals surface area (Å²) >= 11 is 0. The molecule has 0 radical (unpaired) electrons. The molecule has 1 unspecified atom stereocenters. The third-order valence-corrected chi connectivity index (χ3v) is 5.82. The SMILES string of the molecule is NC1(c2ccc(Oc3ccccc3)cc2)N=CN=C2C1=CNN2C1CCC(=O)CC1. The van der Waals surface area contributed by atoms with Gasteiger partial charge in [0.1, 0.15) is 23.6 Å². The number of hydrogen-bond donors (Lipinski definition) is 2. The van der Waals surface area contributed by atoms with Crippen molar-refractivity contribution in [3.05, 3.63) is 71.9 Å². The summed E-state index contributed by atoms with van der Waals surface area (Å²) in [7, 11) is 0. The van der Waals surface area contributed by atoms with E-state index in [-0.39, 0.29) is 6.04 Å². The Balaban J connectivity index is 1.36. The van der Waals surface area contributed by atoms with Gasteiger partial charge in [0.05, 0.1) is 11.6 Å². The van der Waals surface area contributed by atoms with E-state index in [1.54, 1.807) is 0 Å². The van der Waals surface area contributed by atoms with Crippen LogP contribution in [0.1, 0.15) is 31.2 Å². The van der Waals surface area contributed by atoms with Gasteiger partial charge in [-0.25, -0.2) is 9.98 Å². The number of rotatable bonds is 4. The van der Waals surface area contributed by atoms with Gasteiger partial charge < -0.3 is 10.2 Å².